The summed E-state index contributed by atoms with van der Waals surface area (Å²) in [5.74, 6) is 0.590. The molecule has 4 heteroatoms. The molecule has 0 atom stereocenters. The largest absolute Gasteiger partial charge is 0.481 e. The molecule has 0 aliphatic heterocycles. The van der Waals surface area contributed by atoms with E-state index in [1.807, 2.05) is 18.3 Å². The van der Waals surface area contributed by atoms with Crippen LogP contribution < -0.4 is 4.74 Å². The average Bonchev–Trinajstić information content (AvgIpc) is 2.94. The zero-order valence-electron chi connectivity index (χ0n) is 15.2. The van der Waals surface area contributed by atoms with Crippen molar-refractivity contribution in [1.29, 1.82) is 0 Å². The Labute approximate surface area is 148 Å². The van der Waals surface area contributed by atoms with Crippen LogP contribution in [0.1, 0.15) is 29.4 Å². The van der Waals surface area contributed by atoms with Crippen LogP contribution in [-0.2, 0) is 6.42 Å². The molecule has 4 nitrogen and oxygen atoms in total. The van der Waals surface area contributed by atoms with Crippen molar-refractivity contribution in [3.63, 3.8) is 0 Å². The van der Waals surface area contributed by atoms with Gasteiger partial charge in [0.2, 0.25) is 5.88 Å². The molecular formula is C21H23N3O. The molecule has 0 unspecified atom stereocenters. The minimum Gasteiger partial charge on any atom is -0.481 e. The van der Waals surface area contributed by atoms with Gasteiger partial charge < -0.3 is 9.30 Å². The summed E-state index contributed by atoms with van der Waals surface area (Å²) < 4.78 is 7.33. The maximum Gasteiger partial charge on any atom is 0.213 e. The first-order valence-electron chi connectivity index (χ1n) is 8.44. The Morgan fingerprint density at radius 2 is 1.88 bits per heavy atom. The first-order chi connectivity index (χ1) is 12.1. The molecule has 3 rings (SSSR count). The Morgan fingerprint density at radius 1 is 1.12 bits per heavy atom. The number of hydrogen-bond donors (Lipinski definition) is 0. The van der Waals surface area contributed by atoms with Crippen LogP contribution >= 0.6 is 0 Å². The fraction of sp³-hybridized carbons (Fsp3) is 0.238. The Morgan fingerprint density at radius 3 is 2.48 bits per heavy atom. The van der Waals surface area contributed by atoms with Gasteiger partial charge in [0.05, 0.1) is 19.0 Å². The van der Waals surface area contributed by atoms with Gasteiger partial charge in [-0.15, -0.1) is 0 Å². The van der Waals surface area contributed by atoms with E-state index >= 15 is 0 Å². The van der Waals surface area contributed by atoms with Crippen LogP contribution in [0.4, 0.5) is 5.69 Å². The number of ether oxygens (including phenoxy) is 1. The van der Waals surface area contributed by atoms with Gasteiger partial charge in [-0.2, -0.15) is 0 Å². The number of benzene rings is 1. The van der Waals surface area contributed by atoms with Crippen molar-refractivity contribution in [3.8, 4) is 11.6 Å². The van der Waals surface area contributed by atoms with E-state index in [1.54, 1.807) is 13.3 Å². The smallest absolute Gasteiger partial charge is 0.213 e. The Balaban J connectivity index is 1.89. The highest BCUT2D eigenvalue weighted by Crippen LogP contribution is 2.21. The summed E-state index contributed by atoms with van der Waals surface area (Å²) in [5.41, 5.74) is 6.80. The molecule has 0 amide bonds. The van der Waals surface area contributed by atoms with E-state index in [2.05, 4.69) is 65.6 Å². The summed E-state index contributed by atoms with van der Waals surface area (Å²) in [6, 6.07) is 14.6. The highest BCUT2D eigenvalue weighted by Gasteiger charge is 2.09. The fourth-order valence-electron chi connectivity index (χ4n) is 2.91. The first-order valence-corrected chi connectivity index (χ1v) is 8.44. The quantitative estimate of drug-likeness (QED) is 0.629. The second-order valence-corrected chi connectivity index (χ2v) is 6.00. The second kappa shape index (κ2) is 7.34. The van der Waals surface area contributed by atoms with Crippen molar-refractivity contribution in [2.24, 2.45) is 4.99 Å². The normalized spacial score (nSPS) is 11.2. The summed E-state index contributed by atoms with van der Waals surface area (Å²) in [5, 5.41) is 0. The number of nitrogens with zero attached hydrogens (tertiary/aromatic N) is 3. The highest BCUT2D eigenvalue weighted by atomic mass is 16.5. The van der Waals surface area contributed by atoms with E-state index in [4.69, 9.17) is 4.74 Å². The molecule has 0 bridgehead atoms. The second-order valence-electron chi connectivity index (χ2n) is 6.00. The number of hydrogen-bond acceptors (Lipinski definition) is 3. The van der Waals surface area contributed by atoms with E-state index in [0.29, 0.717) is 5.88 Å². The third-order valence-corrected chi connectivity index (χ3v) is 4.36. The number of aryl methyl sites for hydroxylation is 2. The van der Waals surface area contributed by atoms with Gasteiger partial charge in [0.15, 0.2) is 0 Å². The molecule has 2 aromatic heterocycles. The van der Waals surface area contributed by atoms with Gasteiger partial charge >= 0.3 is 0 Å². The molecule has 0 aliphatic rings. The predicted octanol–water partition coefficient (Wildman–Crippen LogP) is 4.81. The minimum atomic E-state index is 0.590. The third kappa shape index (κ3) is 3.63. The van der Waals surface area contributed by atoms with Gasteiger partial charge in [-0.1, -0.05) is 19.1 Å². The Bertz CT molecular complexity index is 875. The molecule has 0 saturated heterocycles. The lowest BCUT2D eigenvalue weighted by molar-refractivity contribution is 0.398. The lowest BCUT2D eigenvalue weighted by atomic mass is 10.1. The van der Waals surface area contributed by atoms with Crippen LogP contribution in [0, 0.1) is 13.8 Å². The average molecular weight is 333 g/mol. The summed E-state index contributed by atoms with van der Waals surface area (Å²) in [4.78, 5) is 8.71. The standard InChI is InChI=1S/C21H23N3O/c1-5-17-6-9-20(10-7-17)24-15(2)12-18(16(24)3)13-22-19-8-11-21(25-4)23-14-19/h6-14H,5H2,1-4H3. The van der Waals surface area contributed by atoms with Gasteiger partial charge in [0.1, 0.15) is 0 Å². The molecule has 128 valence electrons. The molecule has 0 aliphatic carbocycles. The third-order valence-electron chi connectivity index (χ3n) is 4.36. The summed E-state index contributed by atoms with van der Waals surface area (Å²) in [6.45, 7) is 6.41. The molecule has 0 saturated carbocycles. The maximum atomic E-state index is 5.07. The molecular weight excluding hydrogens is 310 g/mol. The number of aliphatic imine (C=N–C) groups is 1. The first kappa shape index (κ1) is 17.0. The van der Waals surface area contributed by atoms with Crippen molar-refractivity contribution in [1.82, 2.24) is 9.55 Å². The number of methoxy groups -OCH3 is 1. The van der Waals surface area contributed by atoms with Crippen molar-refractivity contribution < 1.29 is 4.74 Å². The van der Waals surface area contributed by atoms with Crippen LogP contribution in [0.5, 0.6) is 5.88 Å². The van der Waals surface area contributed by atoms with Gasteiger partial charge in [0.25, 0.3) is 0 Å². The summed E-state index contributed by atoms with van der Waals surface area (Å²) >= 11 is 0. The number of rotatable bonds is 5. The lowest BCUT2D eigenvalue weighted by Crippen LogP contribution is -1.99. The topological polar surface area (TPSA) is 39.4 Å². The molecule has 0 spiro atoms. The SMILES string of the molecule is CCc1ccc(-n2c(C)cc(C=Nc3ccc(OC)nc3)c2C)cc1. The lowest BCUT2D eigenvalue weighted by Gasteiger charge is -2.10. The van der Waals surface area contributed by atoms with Crippen LogP contribution in [0.25, 0.3) is 5.69 Å². The molecule has 0 N–H and O–H groups in total. The zero-order chi connectivity index (χ0) is 17.8. The van der Waals surface area contributed by atoms with Crippen LogP contribution in [-0.4, -0.2) is 22.9 Å². The zero-order valence-corrected chi connectivity index (χ0v) is 15.2. The summed E-state index contributed by atoms with van der Waals surface area (Å²) in [6.07, 6.45) is 4.65. The molecule has 0 fully saturated rings. The van der Waals surface area contributed by atoms with Gasteiger partial charge in [0, 0.05) is 34.9 Å². The van der Waals surface area contributed by atoms with Crippen molar-refractivity contribution >= 4 is 11.9 Å². The van der Waals surface area contributed by atoms with E-state index in [-0.39, 0.29) is 0 Å². The Kier molecular flexibility index (Phi) is 4.98. The van der Waals surface area contributed by atoms with Crippen LogP contribution in [0.3, 0.4) is 0 Å². The van der Waals surface area contributed by atoms with E-state index < -0.39 is 0 Å². The molecule has 25 heavy (non-hydrogen) atoms. The molecule has 2 heterocycles. The maximum absolute atomic E-state index is 5.07. The van der Waals surface area contributed by atoms with Crippen LogP contribution in [0.15, 0.2) is 53.7 Å². The highest BCUT2D eigenvalue weighted by molar-refractivity contribution is 5.84. The van der Waals surface area contributed by atoms with Crippen LogP contribution in [0.2, 0.25) is 0 Å². The van der Waals surface area contributed by atoms with Gasteiger partial charge in [-0.05, 0) is 50.1 Å². The number of aromatic nitrogens is 2. The summed E-state index contributed by atoms with van der Waals surface area (Å²) in [7, 11) is 1.60. The molecule has 1 aromatic carbocycles. The van der Waals surface area contributed by atoms with E-state index in [1.165, 1.54) is 22.6 Å². The van der Waals surface area contributed by atoms with Gasteiger partial charge in [-0.25, -0.2) is 4.98 Å². The predicted molar refractivity (Wildman–Crippen MR) is 103 cm³/mol. The van der Waals surface area contributed by atoms with Crippen molar-refractivity contribution in [2.75, 3.05) is 7.11 Å². The van der Waals surface area contributed by atoms with E-state index in [0.717, 1.165) is 17.7 Å². The molecule has 0 radical (unpaired) electrons. The van der Waals surface area contributed by atoms with Crippen molar-refractivity contribution in [2.45, 2.75) is 27.2 Å². The monoisotopic (exact) mass is 333 g/mol. The van der Waals surface area contributed by atoms with Crippen molar-refractivity contribution in [3.05, 3.63) is 71.2 Å². The number of pyridine rings is 1. The van der Waals surface area contributed by atoms with E-state index in [9.17, 15) is 0 Å². The fourth-order valence-corrected chi connectivity index (χ4v) is 2.91. The van der Waals surface area contributed by atoms with Gasteiger partial charge in [-0.3, -0.25) is 4.99 Å². The minimum absolute atomic E-state index is 0.590. The molecule has 3 aromatic rings. The Hall–Kier alpha value is -2.88.